The number of rotatable bonds is 6. The van der Waals surface area contributed by atoms with Crippen molar-refractivity contribution in [1.29, 1.82) is 0 Å². The van der Waals surface area contributed by atoms with Crippen LogP contribution in [0.3, 0.4) is 0 Å². The molecule has 0 bridgehead atoms. The largest absolute Gasteiger partial charge is 0.493 e. The summed E-state index contributed by atoms with van der Waals surface area (Å²) in [4.78, 5) is 4.12. The highest BCUT2D eigenvalue weighted by atomic mass is 16.5. The van der Waals surface area contributed by atoms with E-state index in [1.165, 1.54) is 22.3 Å². The molecule has 0 aliphatic heterocycles. The molecule has 3 nitrogen and oxygen atoms in total. The SMILES string of the molecule is Cc1cc(CC(C)N)cc(C)c1OCCc1cccnc1. The highest BCUT2D eigenvalue weighted by molar-refractivity contribution is 5.43. The predicted octanol–water partition coefficient (Wildman–Crippen LogP) is 3.21. The average molecular weight is 284 g/mol. The quantitative estimate of drug-likeness (QED) is 0.886. The van der Waals surface area contributed by atoms with Gasteiger partial charge in [0.1, 0.15) is 5.75 Å². The molecule has 0 fully saturated rings. The summed E-state index contributed by atoms with van der Waals surface area (Å²) in [5.74, 6) is 0.993. The van der Waals surface area contributed by atoms with Crippen molar-refractivity contribution in [1.82, 2.24) is 4.98 Å². The minimum absolute atomic E-state index is 0.182. The summed E-state index contributed by atoms with van der Waals surface area (Å²) in [6.07, 6.45) is 5.44. The topological polar surface area (TPSA) is 48.1 Å². The second-order valence-corrected chi connectivity index (χ2v) is 5.70. The third-order valence-corrected chi connectivity index (χ3v) is 3.44. The lowest BCUT2D eigenvalue weighted by molar-refractivity contribution is 0.317. The summed E-state index contributed by atoms with van der Waals surface area (Å²) < 4.78 is 5.97. The Kier molecular flexibility index (Phi) is 5.34. The fraction of sp³-hybridized carbons (Fsp3) is 0.389. The molecule has 0 saturated carbocycles. The van der Waals surface area contributed by atoms with Crippen molar-refractivity contribution < 1.29 is 4.74 Å². The molecule has 1 aromatic carbocycles. The molecule has 112 valence electrons. The Balaban J connectivity index is 2.00. The zero-order valence-corrected chi connectivity index (χ0v) is 13.1. The van der Waals surface area contributed by atoms with Crippen LogP contribution in [0, 0.1) is 13.8 Å². The number of nitrogens with two attached hydrogens (primary N) is 1. The van der Waals surface area contributed by atoms with Crippen molar-refractivity contribution in [2.45, 2.75) is 39.7 Å². The van der Waals surface area contributed by atoms with Gasteiger partial charge in [-0.25, -0.2) is 0 Å². The maximum atomic E-state index is 5.97. The molecule has 0 amide bonds. The summed E-state index contributed by atoms with van der Waals surface area (Å²) in [6.45, 7) is 6.89. The number of aryl methyl sites for hydroxylation is 2. The molecule has 0 saturated heterocycles. The Labute approximate surface area is 127 Å². The van der Waals surface area contributed by atoms with Crippen LogP contribution in [0.25, 0.3) is 0 Å². The molecular weight excluding hydrogens is 260 g/mol. The molecule has 2 aromatic rings. The van der Waals surface area contributed by atoms with Crippen LogP contribution in [-0.2, 0) is 12.8 Å². The molecule has 1 heterocycles. The Hall–Kier alpha value is -1.87. The van der Waals surface area contributed by atoms with E-state index in [4.69, 9.17) is 10.5 Å². The molecule has 0 radical (unpaired) electrons. The molecule has 1 atom stereocenters. The third-order valence-electron chi connectivity index (χ3n) is 3.44. The molecule has 2 rings (SSSR count). The normalized spacial score (nSPS) is 12.2. The van der Waals surface area contributed by atoms with E-state index in [9.17, 15) is 0 Å². The van der Waals surface area contributed by atoms with Gasteiger partial charge in [-0.3, -0.25) is 4.98 Å². The van der Waals surface area contributed by atoms with Crippen LogP contribution in [0.2, 0.25) is 0 Å². The molecule has 3 heteroatoms. The number of hydrogen-bond donors (Lipinski definition) is 1. The van der Waals surface area contributed by atoms with E-state index in [0.29, 0.717) is 6.61 Å². The third kappa shape index (κ3) is 4.57. The van der Waals surface area contributed by atoms with Crippen LogP contribution in [-0.4, -0.2) is 17.6 Å². The molecular formula is C18H24N2O. The van der Waals surface area contributed by atoms with Crippen molar-refractivity contribution in [2.24, 2.45) is 5.73 Å². The molecule has 0 aliphatic carbocycles. The van der Waals surface area contributed by atoms with E-state index in [0.717, 1.165) is 18.6 Å². The molecule has 2 N–H and O–H groups in total. The van der Waals surface area contributed by atoms with Crippen molar-refractivity contribution in [3.05, 3.63) is 58.9 Å². The van der Waals surface area contributed by atoms with Crippen LogP contribution < -0.4 is 10.5 Å². The van der Waals surface area contributed by atoms with Gasteiger partial charge in [0.2, 0.25) is 0 Å². The van der Waals surface area contributed by atoms with Gasteiger partial charge in [0.15, 0.2) is 0 Å². The molecule has 21 heavy (non-hydrogen) atoms. The van der Waals surface area contributed by atoms with Gasteiger partial charge in [-0.1, -0.05) is 18.2 Å². The van der Waals surface area contributed by atoms with E-state index in [1.54, 1.807) is 6.20 Å². The highest BCUT2D eigenvalue weighted by Crippen LogP contribution is 2.25. The van der Waals surface area contributed by atoms with Gasteiger partial charge < -0.3 is 10.5 Å². The van der Waals surface area contributed by atoms with Gasteiger partial charge in [0.05, 0.1) is 6.61 Å². The summed E-state index contributed by atoms with van der Waals surface area (Å²) in [5, 5.41) is 0. The summed E-state index contributed by atoms with van der Waals surface area (Å²) in [5.41, 5.74) is 10.7. The van der Waals surface area contributed by atoms with E-state index in [1.807, 2.05) is 19.2 Å². The van der Waals surface area contributed by atoms with Crippen molar-refractivity contribution in [3.8, 4) is 5.75 Å². The lowest BCUT2D eigenvalue weighted by Gasteiger charge is -2.15. The molecule has 0 spiro atoms. The van der Waals surface area contributed by atoms with Crippen LogP contribution in [0.5, 0.6) is 5.75 Å². The van der Waals surface area contributed by atoms with Crippen molar-refractivity contribution >= 4 is 0 Å². The van der Waals surface area contributed by atoms with Gasteiger partial charge in [-0.05, 0) is 55.5 Å². The first kappa shape index (κ1) is 15.5. The number of nitrogens with zero attached hydrogens (tertiary/aromatic N) is 1. The van der Waals surface area contributed by atoms with Crippen LogP contribution in [0.4, 0.5) is 0 Å². The lowest BCUT2D eigenvalue weighted by atomic mass is 10.0. The number of benzene rings is 1. The van der Waals surface area contributed by atoms with Gasteiger partial charge in [-0.2, -0.15) is 0 Å². The van der Waals surface area contributed by atoms with Crippen LogP contribution in [0.1, 0.15) is 29.2 Å². The van der Waals surface area contributed by atoms with Gasteiger partial charge in [-0.15, -0.1) is 0 Å². The van der Waals surface area contributed by atoms with E-state index >= 15 is 0 Å². The Morgan fingerprint density at radius 3 is 2.48 bits per heavy atom. The van der Waals surface area contributed by atoms with Gasteiger partial charge in [0, 0.05) is 24.9 Å². The standard InChI is InChI=1S/C18H24N2O/c1-13-9-17(11-15(3)19)10-14(2)18(13)21-8-6-16-5-4-7-20-12-16/h4-5,7,9-10,12,15H,6,8,11,19H2,1-3H3. The summed E-state index contributed by atoms with van der Waals surface area (Å²) in [7, 11) is 0. The first-order valence-electron chi connectivity index (χ1n) is 7.43. The second kappa shape index (κ2) is 7.23. The molecule has 1 unspecified atom stereocenters. The van der Waals surface area contributed by atoms with Crippen LogP contribution in [0.15, 0.2) is 36.7 Å². The number of pyridine rings is 1. The number of aromatic nitrogens is 1. The predicted molar refractivity (Wildman–Crippen MR) is 86.7 cm³/mol. The maximum Gasteiger partial charge on any atom is 0.125 e. The van der Waals surface area contributed by atoms with E-state index in [-0.39, 0.29) is 6.04 Å². The van der Waals surface area contributed by atoms with E-state index in [2.05, 4.69) is 37.0 Å². The summed E-state index contributed by atoms with van der Waals surface area (Å²) >= 11 is 0. The smallest absolute Gasteiger partial charge is 0.125 e. The maximum absolute atomic E-state index is 5.97. The minimum Gasteiger partial charge on any atom is -0.493 e. The Bertz CT molecular complexity index is 556. The minimum atomic E-state index is 0.182. The summed E-state index contributed by atoms with van der Waals surface area (Å²) in [6, 6.07) is 8.56. The fourth-order valence-electron chi connectivity index (χ4n) is 2.57. The Morgan fingerprint density at radius 2 is 1.90 bits per heavy atom. The van der Waals surface area contributed by atoms with Gasteiger partial charge >= 0.3 is 0 Å². The number of ether oxygens (including phenoxy) is 1. The first-order chi connectivity index (χ1) is 10.1. The van der Waals surface area contributed by atoms with Crippen molar-refractivity contribution in [3.63, 3.8) is 0 Å². The fourth-order valence-corrected chi connectivity index (χ4v) is 2.57. The average Bonchev–Trinajstić information content (AvgIpc) is 2.42. The van der Waals surface area contributed by atoms with E-state index < -0.39 is 0 Å². The molecule has 1 aromatic heterocycles. The van der Waals surface area contributed by atoms with Crippen molar-refractivity contribution in [2.75, 3.05) is 6.61 Å². The van der Waals surface area contributed by atoms with Crippen LogP contribution >= 0.6 is 0 Å². The zero-order chi connectivity index (χ0) is 15.2. The zero-order valence-electron chi connectivity index (χ0n) is 13.1. The van der Waals surface area contributed by atoms with Gasteiger partial charge in [0.25, 0.3) is 0 Å². The highest BCUT2D eigenvalue weighted by Gasteiger charge is 2.08. The second-order valence-electron chi connectivity index (χ2n) is 5.70. The first-order valence-corrected chi connectivity index (χ1v) is 7.43. The lowest BCUT2D eigenvalue weighted by Crippen LogP contribution is -2.18. The number of hydrogen-bond acceptors (Lipinski definition) is 3. The monoisotopic (exact) mass is 284 g/mol. The molecule has 0 aliphatic rings. The Morgan fingerprint density at radius 1 is 1.19 bits per heavy atom.